The fraction of sp³-hybridized carbons (Fsp3) is 1.00. The molecule has 0 saturated heterocycles. The van der Waals surface area contributed by atoms with Crippen LogP contribution in [0.15, 0.2) is 0 Å². The van der Waals surface area contributed by atoms with Gasteiger partial charge in [0.15, 0.2) is 0 Å². The van der Waals surface area contributed by atoms with Crippen LogP contribution in [0, 0.1) is 0 Å². The highest BCUT2D eigenvalue weighted by atomic mass is 31.2. The largest absolute Gasteiger partial charge is 0.474 e. The Balaban J connectivity index is 5.42. The molecule has 0 fully saturated rings. The van der Waals surface area contributed by atoms with Crippen molar-refractivity contribution in [1.29, 1.82) is 0 Å². The molecular weight excluding hydrogens is 399 g/mol. The average molecular weight is 443 g/mol. The van der Waals surface area contributed by atoms with Gasteiger partial charge in [0.25, 0.3) is 5.79 Å². The second kappa shape index (κ2) is 15.7. The smallest absolute Gasteiger partial charge is 0.344 e. The van der Waals surface area contributed by atoms with Crippen LogP contribution in [0.1, 0.15) is 92.4 Å². The molecule has 0 amide bonds. The van der Waals surface area contributed by atoms with Crippen LogP contribution in [0.3, 0.4) is 0 Å². The molecule has 0 heterocycles. The van der Waals surface area contributed by atoms with Crippen LogP contribution in [0.25, 0.3) is 0 Å². The Kier molecular flexibility index (Phi) is 15.7. The molecule has 0 aromatic carbocycles. The van der Waals surface area contributed by atoms with Crippen LogP contribution in [0.5, 0.6) is 0 Å². The summed E-state index contributed by atoms with van der Waals surface area (Å²) in [6.07, 6.45) is 9.20. The zero-order valence-corrected chi connectivity index (χ0v) is 19.9. The molecule has 0 saturated carbocycles. The molecule has 29 heavy (non-hydrogen) atoms. The SMILES string of the molecule is CCCCCCCCCCC(OCC)(OCC)C(OCC)(OCC)OP(=O)(O)O. The Hall–Kier alpha value is -0.0500. The Morgan fingerprint density at radius 3 is 1.45 bits per heavy atom. The monoisotopic (exact) mass is 442 g/mol. The minimum absolute atomic E-state index is 0.0966. The molecule has 0 aliphatic rings. The molecule has 0 bridgehead atoms. The maximum absolute atomic E-state index is 11.8. The third-order valence-electron chi connectivity index (χ3n) is 4.49. The normalized spacial score (nSPS) is 13.2. The van der Waals surface area contributed by atoms with E-state index < -0.39 is 19.6 Å². The molecule has 0 radical (unpaired) electrons. The van der Waals surface area contributed by atoms with Gasteiger partial charge in [0.1, 0.15) is 0 Å². The first-order valence-electron chi connectivity index (χ1n) is 11.1. The number of ether oxygens (including phenoxy) is 4. The van der Waals surface area contributed by atoms with Crippen molar-refractivity contribution in [2.24, 2.45) is 0 Å². The van der Waals surface area contributed by atoms with Gasteiger partial charge in [-0.2, -0.15) is 0 Å². The summed E-state index contributed by atoms with van der Waals surface area (Å²) in [4.78, 5) is 19.1. The lowest BCUT2D eigenvalue weighted by atomic mass is 10.0. The first-order valence-corrected chi connectivity index (χ1v) is 12.6. The molecule has 2 N–H and O–H groups in total. The molecule has 9 heteroatoms. The lowest BCUT2D eigenvalue weighted by Crippen LogP contribution is -2.62. The zero-order chi connectivity index (χ0) is 22.2. The number of phosphoric ester groups is 1. The molecule has 0 rings (SSSR count). The maximum Gasteiger partial charge on any atom is 0.474 e. The van der Waals surface area contributed by atoms with Crippen molar-refractivity contribution < 1.29 is 37.8 Å². The Morgan fingerprint density at radius 1 is 0.655 bits per heavy atom. The molecule has 0 aromatic rings. The molecule has 0 aliphatic heterocycles. The van der Waals surface area contributed by atoms with E-state index in [1.165, 1.54) is 25.7 Å². The Bertz CT molecular complexity index is 428. The van der Waals surface area contributed by atoms with E-state index in [4.69, 9.17) is 23.5 Å². The van der Waals surface area contributed by atoms with Gasteiger partial charge in [0, 0.05) is 32.8 Å². The van der Waals surface area contributed by atoms with E-state index in [1.807, 2.05) is 0 Å². The predicted molar refractivity (Wildman–Crippen MR) is 112 cm³/mol. The van der Waals surface area contributed by atoms with Crippen LogP contribution in [0.4, 0.5) is 0 Å². The van der Waals surface area contributed by atoms with Crippen molar-refractivity contribution in [2.75, 3.05) is 26.4 Å². The van der Waals surface area contributed by atoms with Gasteiger partial charge in [0.2, 0.25) is 0 Å². The fourth-order valence-corrected chi connectivity index (χ4v) is 3.95. The van der Waals surface area contributed by atoms with Crippen LogP contribution < -0.4 is 0 Å². The van der Waals surface area contributed by atoms with Crippen molar-refractivity contribution in [3.8, 4) is 0 Å². The van der Waals surface area contributed by atoms with Gasteiger partial charge in [-0.25, -0.2) is 9.09 Å². The predicted octanol–water partition coefficient (Wildman–Crippen LogP) is 5.12. The van der Waals surface area contributed by atoms with Crippen LogP contribution in [-0.4, -0.2) is 48.0 Å². The zero-order valence-electron chi connectivity index (χ0n) is 19.0. The van der Waals surface area contributed by atoms with Gasteiger partial charge in [-0.15, -0.1) is 0 Å². The molecule has 0 unspecified atom stereocenters. The third-order valence-corrected chi connectivity index (χ3v) is 4.97. The van der Waals surface area contributed by atoms with Crippen LogP contribution >= 0.6 is 7.82 Å². The van der Waals surface area contributed by atoms with Crippen molar-refractivity contribution in [2.45, 2.75) is 104 Å². The van der Waals surface area contributed by atoms with Gasteiger partial charge in [-0.05, 0) is 34.1 Å². The maximum atomic E-state index is 11.8. The van der Waals surface area contributed by atoms with E-state index in [1.54, 1.807) is 27.7 Å². The second-order valence-electron chi connectivity index (χ2n) is 6.85. The quantitative estimate of drug-likeness (QED) is 0.152. The number of phosphoric acid groups is 1. The highest BCUT2D eigenvalue weighted by molar-refractivity contribution is 7.46. The van der Waals surface area contributed by atoms with Crippen LogP contribution in [-0.2, 0) is 28.0 Å². The van der Waals surface area contributed by atoms with Gasteiger partial charge in [0.05, 0.1) is 0 Å². The number of hydrogen-bond acceptors (Lipinski definition) is 6. The van der Waals surface area contributed by atoms with E-state index in [9.17, 15) is 14.4 Å². The Labute approximate surface area is 176 Å². The lowest BCUT2D eigenvalue weighted by Gasteiger charge is -2.46. The van der Waals surface area contributed by atoms with E-state index in [-0.39, 0.29) is 26.4 Å². The summed E-state index contributed by atoms with van der Waals surface area (Å²) in [6, 6.07) is 0. The topological polar surface area (TPSA) is 104 Å². The summed E-state index contributed by atoms with van der Waals surface area (Å²) in [6.45, 7) is 9.81. The number of hydrogen-bond donors (Lipinski definition) is 2. The van der Waals surface area contributed by atoms with Crippen LogP contribution in [0.2, 0.25) is 0 Å². The third kappa shape index (κ3) is 10.7. The van der Waals surface area contributed by atoms with Crippen molar-refractivity contribution >= 4 is 7.82 Å². The summed E-state index contributed by atoms with van der Waals surface area (Å²) in [5.41, 5.74) is 0. The minimum Gasteiger partial charge on any atom is -0.344 e. The van der Waals surface area contributed by atoms with E-state index >= 15 is 0 Å². The molecule has 0 aromatic heterocycles. The summed E-state index contributed by atoms with van der Waals surface area (Å²) in [5, 5.41) is 0. The summed E-state index contributed by atoms with van der Waals surface area (Å²) in [7, 11) is -4.96. The summed E-state index contributed by atoms with van der Waals surface area (Å²) < 4.78 is 39.9. The molecule has 0 spiro atoms. The molecule has 176 valence electrons. The van der Waals surface area contributed by atoms with Crippen molar-refractivity contribution in [3.05, 3.63) is 0 Å². The van der Waals surface area contributed by atoms with Crippen molar-refractivity contribution in [3.63, 3.8) is 0 Å². The van der Waals surface area contributed by atoms with Gasteiger partial charge < -0.3 is 28.7 Å². The summed E-state index contributed by atoms with van der Waals surface area (Å²) >= 11 is 0. The van der Waals surface area contributed by atoms with E-state index in [0.29, 0.717) is 6.42 Å². The fourth-order valence-electron chi connectivity index (χ4n) is 3.39. The highest BCUT2D eigenvalue weighted by Crippen LogP contribution is 2.49. The molecular formula is C20H43O8P. The lowest BCUT2D eigenvalue weighted by molar-refractivity contribution is -0.478. The number of rotatable bonds is 20. The van der Waals surface area contributed by atoms with Gasteiger partial charge in [-0.1, -0.05) is 51.9 Å². The van der Waals surface area contributed by atoms with Gasteiger partial charge >= 0.3 is 13.8 Å². The number of unbranched alkanes of at least 4 members (excludes halogenated alkanes) is 7. The first-order chi connectivity index (χ1) is 13.8. The first kappa shape index (κ1) is 28.9. The van der Waals surface area contributed by atoms with Gasteiger partial charge in [-0.3, -0.25) is 0 Å². The van der Waals surface area contributed by atoms with E-state index in [2.05, 4.69) is 6.92 Å². The Morgan fingerprint density at radius 2 is 1.07 bits per heavy atom. The molecule has 0 aliphatic carbocycles. The van der Waals surface area contributed by atoms with E-state index in [0.717, 1.165) is 25.7 Å². The average Bonchev–Trinajstić information content (AvgIpc) is 2.63. The summed E-state index contributed by atoms with van der Waals surface area (Å²) in [5.74, 6) is -3.76. The minimum atomic E-state index is -4.96. The molecule has 0 atom stereocenters. The second-order valence-corrected chi connectivity index (χ2v) is 8.01. The molecule has 8 nitrogen and oxygen atoms in total. The highest BCUT2D eigenvalue weighted by Gasteiger charge is 2.61. The van der Waals surface area contributed by atoms with Crippen molar-refractivity contribution in [1.82, 2.24) is 0 Å². The standard InChI is InChI=1S/C20H43O8P/c1-6-11-12-13-14-15-16-17-18-19(24-7-2,25-8-3)20(26-9-4,27-10-5)28-29(21,22)23/h6-18H2,1-5H3,(H2,21,22,23).